The highest BCUT2D eigenvalue weighted by molar-refractivity contribution is 5.57. The smallest absolute Gasteiger partial charge is 0.154 e. The maximum atomic E-state index is 5.56. The van der Waals surface area contributed by atoms with Crippen LogP contribution in [-0.2, 0) is 7.05 Å². The van der Waals surface area contributed by atoms with Crippen LogP contribution in [0.1, 0.15) is 48.9 Å². The van der Waals surface area contributed by atoms with Gasteiger partial charge in [0, 0.05) is 18.5 Å². The second-order valence-electron chi connectivity index (χ2n) is 5.49. The fraction of sp³-hybridized carbons (Fsp3) is 0.538. The first kappa shape index (κ1) is 13.7. The molecule has 1 aliphatic carbocycles. The highest BCUT2D eigenvalue weighted by atomic mass is 15.3. The second kappa shape index (κ2) is 5.28. The summed E-state index contributed by atoms with van der Waals surface area (Å²) in [7, 11) is 1.92. The van der Waals surface area contributed by atoms with Crippen LogP contribution in [0.4, 0.5) is 11.6 Å². The third-order valence-corrected chi connectivity index (χ3v) is 3.73. The van der Waals surface area contributed by atoms with Gasteiger partial charge in [-0.2, -0.15) is 0 Å². The van der Waals surface area contributed by atoms with Crippen molar-refractivity contribution in [2.45, 2.75) is 38.6 Å². The molecule has 0 amide bonds. The molecule has 2 heterocycles. The molecule has 0 spiro atoms. The molecule has 1 unspecified atom stereocenters. The summed E-state index contributed by atoms with van der Waals surface area (Å²) in [6.07, 6.45) is 3.97. The van der Waals surface area contributed by atoms with Crippen LogP contribution in [0.25, 0.3) is 0 Å². The minimum absolute atomic E-state index is 0.0104. The molecule has 8 heteroatoms. The van der Waals surface area contributed by atoms with Crippen molar-refractivity contribution in [3.8, 4) is 0 Å². The maximum absolute atomic E-state index is 5.56. The van der Waals surface area contributed by atoms with Crippen LogP contribution in [-0.4, -0.2) is 24.7 Å². The summed E-state index contributed by atoms with van der Waals surface area (Å²) < 4.78 is 1.89. The van der Waals surface area contributed by atoms with Gasteiger partial charge in [-0.25, -0.2) is 15.8 Å². The zero-order valence-electron chi connectivity index (χ0n) is 12.5. The lowest BCUT2D eigenvalue weighted by molar-refractivity contribution is 0.713. The molecule has 112 valence electrons. The largest absolute Gasteiger partial charge is 0.360 e. The molecule has 4 N–H and O–H groups in total. The molecule has 21 heavy (non-hydrogen) atoms. The Morgan fingerprint density at radius 3 is 2.62 bits per heavy atom. The van der Waals surface area contributed by atoms with E-state index in [1.54, 1.807) is 6.33 Å². The van der Waals surface area contributed by atoms with Gasteiger partial charge in [-0.3, -0.25) is 0 Å². The minimum Gasteiger partial charge on any atom is -0.360 e. The SMILES string of the molecule is Cc1c(NN)nc(C2CC2)nc1NC(C)c1nncn1C. The van der Waals surface area contributed by atoms with Crippen molar-refractivity contribution in [3.05, 3.63) is 23.5 Å². The number of aromatic nitrogens is 5. The molecule has 1 aliphatic rings. The van der Waals surface area contributed by atoms with Gasteiger partial charge in [0.05, 0.1) is 6.04 Å². The van der Waals surface area contributed by atoms with Gasteiger partial charge in [0.2, 0.25) is 0 Å². The lowest BCUT2D eigenvalue weighted by atomic mass is 10.2. The number of nitrogens with zero attached hydrogens (tertiary/aromatic N) is 5. The first-order valence-electron chi connectivity index (χ1n) is 7.05. The van der Waals surface area contributed by atoms with Gasteiger partial charge in [-0.15, -0.1) is 10.2 Å². The predicted molar refractivity (Wildman–Crippen MR) is 79.6 cm³/mol. The zero-order chi connectivity index (χ0) is 15.0. The predicted octanol–water partition coefficient (Wildman–Crippen LogP) is 1.25. The Morgan fingerprint density at radius 1 is 1.33 bits per heavy atom. The van der Waals surface area contributed by atoms with Crippen LogP contribution in [0, 0.1) is 6.92 Å². The number of anilines is 2. The fourth-order valence-corrected chi connectivity index (χ4v) is 2.29. The molecule has 3 rings (SSSR count). The third kappa shape index (κ3) is 2.66. The van der Waals surface area contributed by atoms with E-state index in [1.165, 1.54) is 0 Å². The Hall–Kier alpha value is -2.22. The van der Waals surface area contributed by atoms with E-state index in [0.717, 1.165) is 35.9 Å². The average molecular weight is 288 g/mol. The van der Waals surface area contributed by atoms with E-state index in [9.17, 15) is 0 Å². The monoisotopic (exact) mass is 288 g/mol. The molecule has 8 nitrogen and oxygen atoms in total. The number of nitrogens with one attached hydrogen (secondary N) is 2. The topological polar surface area (TPSA) is 107 Å². The fourth-order valence-electron chi connectivity index (χ4n) is 2.29. The maximum Gasteiger partial charge on any atom is 0.154 e. The zero-order valence-corrected chi connectivity index (χ0v) is 12.5. The molecule has 0 aromatic carbocycles. The van der Waals surface area contributed by atoms with Crippen molar-refractivity contribution < 1.29 is 0 Å². The van der Waals surface area contributed by atoms with Crippen molar-refractivity contribution >= 4 is 11.6 Å². The van der Waals surface area contributed by atoms with Crippen molar-refractivity contribution in [1.29, 1.82) is 0 Å². The Morgan fingerprint density at radius 2 is 2.05 bits per heavy atom. The van der Waals surface area contributed by atoms with Gasteiger partial charge >= 0.3 is 0 Å². The normalized spacial score (nSPS) is 15.8. The number of nitrogens with two attached hydrogens (primary N) is 1. The van der Waals surface area contributed by atoms with Crippen LogP contribution < -0.4 is 16.6 Å². The van der Waals surface area contributed by atoms with E-state index >= 15 is 0 Å². The summed E-state index contributed by atoms with van der Waals surface area (Å²) >= 11 is 0. The van der Waals surface area contributed by atoms with E-state index in [4.69, 9.17) is 5.84 Å². The quantitative estimate of drug-likeness (QED) is 0.561. The third-order valence-electron chi connectivity index (χ3n) is 3.73. The summed E-state index contributed by atoms with van der Waals surface area (Å²) in [5, 5.41) is 11.4. The molecule has 0 radical (unpaired) electrons. The standard InChI is InChI=1S/C13H20N8/c1-7-10(16-8(2)13-20-15-6-21(13)3)17-12(9-4-5-9)18-11(7)19-14/h6,8-9H,4-5,14H2,1-3H3,(H2,16,17,18,19). The van der Waals surface area contributed by atoms with E-state index in [1.807, 2.05) is 25.5 Å². The van der Waals surface area contributed by atoms with Gasteiger partial charge in [0.1, 0.15) is 23.8 Å². The van der Waals surface area contributed by atoms with Crippen LogP contribution in [0.5, 0.6) is 0 Å². The minimum atomic E-state index is -0.0104. The molecule has 1 fully saturated rings. The van der Waals surface area contributed by atoms with Gasteiger partial charge in [0.15, 0.2) is 5.82 Å². The van der Waals surface area contributed by atoms with Gasteiger partial charge < -0.3 is 15.3 Å². The number of hydrazine groups is 1. The highest BCUT2D eigenvalue weighted by Gasteiger charge is 2.28. The summed E-state index contributed by atoms with van der Waals surface area (Å²) in [6.45, 7) is 3.97. The molecule has 2 aromatic rings. The van der Waals surface area contributed by atoms with Crippen LogP contribution in [0.2, 0.25) is 0 Å². The molecule has 0 bridgehead atoms. The lowest BCUT2D eigenvalue weighted by Crippen LogP contribution is -2.17. The first-order chi connectivity index (χ1) is 10.1. The second-order valence-corrected chi connectivity index (χ2v) is 5.49. The molecular weight excluding hydrogens is 268 g/mol. The van der Waals surface area contributed by atoms with Crippen molar-refractivity contribution in [2.75, 3.05) is 10.7 Å². The Kier molecular flexibility index (Phi) is 3.46. The molecule has 1 saturated carbocycles. The van der Waals surface area contributed by atoms with Crippen LogP contribution in [0.15, 0.2) is 6.33 Å². The van der Waals surface area contributed by atoms with Crippen LogP contribution in [0.3, 0.4) is 0 Å². The molecular formula is C13H20N8. The molecule has 1 atom stereocenters. The molecule has 2 aromatic heterocycles. The van der Waals surface area contributed by atoms with Crippen molar-refractivity contribution in [3.63, 3.8) is 0 Å². The number of hydrogen-bond acceptors (Lipinski definition) is 7. The van der Waals surface area contributed by atoms with Crippen LogP contribution >= 0.6 is 0 Å². The number of rotatable bonds is 5. The summed E-state index contributed by atoms with van der Waals surface area (Å²) in [6, 6.07) is -0.0104. The highest BCUT2D eigenvalue weighted by Crippen LogP contribution is 2.39. The average Bonchev–Trinajstić information content (AvgIpc) is 3.23. The van der Waals surface area contributed by atoms with E-state index in [0.29, 0.717) is 11.7 Å². The summed E-state index contributed by atoms with van der Waals surface area (Å²) in [4.78, 5) is 9.13. The summed E-state index contributed by atoms with van der Waals surface area (Å²) in [5.74, 6) is 9.18. The van der Waals surface area contributed by atoms with Gasteiger partial charge in [0.25, 0.3) is 0 Å². The van der Waals surface area contributed by atoms with Crippen molar-refractivity contribution in [2.24, 2.45) is 12.9 Å². The number of nitrogen functional groups attached to an aromatic ring is 1. The Bertz CT molecular complexity index is 646. The molecule has 0 saturated heterocycles. The number of aryl methyl sites for hydroxylation is 1. The van der Waals surface area contributed by atoms with Crippen molar-refractivity contribution in [1.82, 2.24) is 24.7 Å². The number of hydrogen-bond donors (Lipinski definition) is 3. The van der Waals surface area contributed by atoms with Gasteiger partial charge in [-0.05, 0) is 26.7 Å². The van der Waals surface area contributed by atoms with Gasteiger partial charge in [-0.1, -0.05) is 0 Å². The molecule has 0 aliphatic heterocycles. The lowest BCUT2D eigenvalue weighted by Gasteiger charge is -2.17. The Labute approximate surface area is 123 Å². The summed E-state index contributed by atoms with van der Waals surface area (Å²) in [5.41, 5.74) is 3.55. The van der Waals surface area contributed by atoms with E-state index < -0.39 is 0 Å². The Balaban J connectivity index is 1.90. The first-order valence-corrected chi connectivity index (χ1v) is 7.05. The van der Waals surface area contributed by atoms with E-state index in [-0.39, 0.29) is 6.04 Å². The van der Waals surface area contributed by atoms with E-state index in [2.05, 4.69) is 30.9 Å².